The van der Waals surface area contributed by atoms with E-state index in [0.29, 0.717) is 5.92 Å². The summed E-state index contributed by atoms with van der Waals surface area (Å²) < 4.78 is 27.7. The van der Waals surface area contributed by atoms with Gasteiger partial charge in [-0.15, -0.1) is 0 Å². The van der Waals surface area contributed by atoms with Crippen LogP contribution in [0.5, 0.6) is 0 Å². The van der Waals surface area contributed by atoms with Gasteiger partial charge in [-0.2, -0.15) is 0 Å². The first-order chi connectivity index (χ1) is 9.54. The summed E-state index contributed by atoms with van der Waals surface area (Å²) in [5.74, 6) is 0.430. The quantitative estimate of drug-likeness (QED) is 0.847. The number of nitrogens with zero attached hydrogens (tertiary/aromatic N) is 1. The van der Waals surface area contributed by atoms with Crippen LogP contribution < -0.4 is 4.72 Å². The Labute approximate surface area is 126 Å². The Hall–Kier alpha value is -0.650. The summed E-state index contributed by atoms with van der Waals surface area (Å²) in [4.78, 5) is 3.90. The van der Waals surface area contributed by atoms with E-state index in [1.54, 1.807) is 6.07 Å². The number of hydrogen-bond donors (Lipinski definition) is 1. The molecule has 0 aromatic carbocycles. The minimum atomic E-state index is -3.60. The highest BCUT2D eigenvalue weighted by Crippen LogP contribution is 2.29. The molecule has 1 aliphatic rings. The van der Waals surface area contributed by atoms with E-state index in [2.05, 4.69) is 9.71 Å². The summed E-state index contributed by atoms with van der Waals surface area (Å²) in [7, 11) is -3.60. The molecule has 0 spiro atoms. The van der Waals surface area contributed by atoms with Gasteiger partial charge in [-0.25, -0.2) is 18.1 Å². The van der Waals surface area contributed by atoms with Crippen molar-refractivity contribution in [3.8, 4) is 0 Å². The number of rotatable bonds is 5. The molecular weight excluding hydrogens is 296 g/mol. The van der Waals surface area contributed by atoms with E-state index in [4.69, 9.17) is 11.6 Å². The summed E-state index contributed by atoms with van der Waals surface area (Å²) in [6, 6.07) is 3.06. The van der Waals surface area contributed by atoms with Crippen molar-refractivity contribution in [3.05, 3.63) is 23.5 Å². The SMILES string of the molecule is CCC(NS(=O)(=O)c1cccnc1Cl)C1CCCCC1. The van der Waals surface area contributed by atoms with Crippen molar-refractivity contribution in [2.24, 2.45) is 5.92 Å². The summed E-state index contributed by atoms with van der Waals surface area (Å²) in [6.45, 7) is 2.02. The molecule has 1 fully saturated rings. The second-order valence-electron chi connectivity index (χ2n) is 5.33. The van der Waals surface area contributed by atoms with Crippen LogP contribution in [0.3, 0.4) is 0 Å². The second-order valence-corrected chi connectivity index (χ2v) is 7.37. The van der Waals surface area contributed by atoms with Crippen molar-refractivity contribution in [2.75, 3.05) is 0 Å². The number of nitrogens with one attached hydrogen (secondary N) is 1. The van der Waals surface area contributed by atoms with Crippen molar-refractivity contribution in [1.29, 1.82) is 0 Å². The Morgan fingerprint density at radius 3 is 2.70 bits per heavy atom. The third-order valence-electron chi connectivity index (χ3n) is 3.98. The van der Waals surface area contributed by atoms with Crippen molar-refractivity contribution in [1.82, 2.24) is 9.71 Å². The molecule has 1 aliphatic carbocycles. The highest BCUT2D eigenvalue weighted by molar-refractivity contribution is 7.89. The molecule has 2 rings (SSSR count). The second kappa shape index (κ2) is 6.87. The van der Waals surface area contributed by atoms with Gasteiger partial charge < -0.3 is 0 Å². The monoisotopic (exact) mass is 316 g/mol. The minimum Gasteiger partial charge on any atom is -0.243 e. The number of pyridine rings is 1. The van der Waals surface area contributed by atoms with Gasteiger partial charge in [0.2, 0.25) is 10.0 Å². The first-order valence-corrected chi connectivity index (χ1v) is 9.03. The molecule has 4 nitrogen and oxygen atoms in total. The lowest BCUT2D eigenvalue weighted by Gasteiger charge is -2.30. The Bertz CT molecular complexity index is 542. The molecule has 0 aliphatic heterocycles. The molecule has 0 bridgehead atoms. The first-order valence-electron chi connectivity index (χ1n) is 7.17. The third kappa shape index (κ3) is 3.71. The van der Waals surface area contributed by atoms with Crippen molar-refractivity contribution >= 4 is 21.6 Å². The molecule has 0 amide bonds. The van der Waals surface area contributed by atoms with Gasteiger partial charge in [0.15, 0.2) is 0 Å². The molecule has 1 aromatic heterocycles. The summed E-state index contributed by atoms with van der Waals surface area (Å²) in [5.41, 5.74) is 0. The number of halogens is 1. The zero-order chi connectivity index (χ0) is 14.6. The highest BCUT2D eigenvalue weighted by atomic mass is 35.5. The normalized spacial score (nSPS) is 18.9. The molecule has 0 radical (unpaired) electrons. The zero-order valence-electron chi connectivity index (χ0n) is 11.7. The highest BCUT2D eigenvalue weighted by Gasteiger charge is 2.28. The Balaban J connectivity index is 2.15. The lowest BCUT2D eigenvalue weighted by Crippen LogP contribution is -2.40. The average molecular weight is 317 g/mol. The van der Waals surface area contributed by atoms with Crippen LogP contribution >= 0.6 is 11.6 Å². The summed E-state index contributed by atoms with van der Waals surface area (Å²) >= 11 is 5.89. The molecule has 1 unspecified atom stereocenters. The van der Waals surface area contributed by atoms with Gasteiger partial charge in [0.25, 0.3) is 0 Å². The molecule has 1 N–H and O–H groups in total. The maximum atomic E-state index is 12.4. The molecule has 1 atom stereocenters. The van der Waals surface area contributed by atoms with Crippen molar-refractivity contribution < 1.29 is 8.42 Å². The van der Waals surface area contributed by atoms with E-state index in [1.165, 1.54) is 31.5 Å². The molecule has 20 heavy (non-hydrogen) atoms. The molecule has 112 valence electrons. The maximum absolute atomic E-state index is 12.4. The fourth-order valence-electron chi connectivity index (χ4n) is 2.88. The number of hydrogen-bond acceptors (Lipinski definition) is 3. The third-order valence-corrected chi connectivity index (χ3v) is 5.91. The van der Waals surface area contributed by atoms with Gasteiger partial charge in [0, 0.05) is 12.2 Å². The van der Waals surface area contributed by atoms with Crippen LogP contribution in [0.4, 0.5) is 0 Å². The molecule has 6 heteroatoms. The summed E-state index contributed by atoms with van der Waals surface area (Å²) in [6.07, 6.45) is 8.12. The first kappa shape index (κ1) is 15.7. The van der Waals surface area contributed by atoms with Gasteiger partial charge in [0.05, 0.1) is 0 Å². The summed E-state index contributed by atoms with van der Waals surface area (Å²) in [5, 5.41) is 0.0264. The largest absolute Gasteiger partial charge is 0.243 e. The fourth-order valence-corrected chi connectivity index (χ4v) is 4.72. The fraction of sp³-hybridized carbons (Fsp3) is 0.643. The molecule has 1 saturated carbocycles. The van der Waals surface area contributed by atoms with Crippen LogP contribution in [-0.4, -0.2) is 19.4 Å². The lowest BCUT2D eigenvalue weighted by atomic mass is 9.83. The zero-order valence-corrected chi connectivity index (χ0v) is 13.3. The van der Waals surface area contributed by atoms with E-state index in [-0.39, 0.29) is 16.1 Å². The van der Waals surface area contributed by atoms with Gasteiger partial charge >= 0.3 is 0 Å². The molecule has 1 aromatic rings. The van der Waals surface area contributed by atoms with E-state index >= 15 is 0 Å². The lowest BCUT2D eigenvalue weighted by molar-refractivity contribution is 0.285. The van der Waals surface area contributed by atoms with Crippen molar-refractivity contribution in [2.45, 2.75) is 56.4 Å². The van der Waals surface area contributed by atoms with Gasteiger partial charge in [-0.3, -0.25) is 0 Å². The molecule has 1 heterocycles. The van der Waals surface area contributed by atoms with Crippen LogP contribution in [0, 0.1) is 5.92 Å². The van der Waals surface area contributed by atoms with E-state index < -0.39 is 10.0 Å². The maximum Gasteiger partial charge on any atom is 0.243 e. The van der Waals surface area contributed by atoms with Crippen LogP contribution in [0.25, 0.3) is 0 Å². The van der Waals surface area contributed by atoms with Gasteiger partial charge in [-0.1, -0.05) is 37.8 Å². The average Bonchev–Trinajstić information content (AvgIpc) is 2.46. The van der Waals surface area contributed by atoms with Crippen molar-refractivity contribution in [3.63, 3.8) is 0 Å². The standard InChI is InChI=1S/C14H21ClN2O2S/c1-2-12(11-7-4-3-5-8-11)17-20(18,19)13-9-6-10-16-14(13)15/h6,9-12,17H,2-5,7-8H2,1H3. The molecular formula is C14H21ClN2O2S. The predicted molar refractivity (Wildman–Crippen MR) is 80.2 cm³/mol. The van der Waals surface area contributed by atoms with Gasteiger partial charge in [-0.05, 0) is 37.3 Å². The van der Waals surface area contributed by atoms with E-state index in [1.807, 2.05) is 6.92 Å². The smallest absolute Gasteiger partial charge is 0.243 e. The Morgan fingerprint density at radius 2 is 2.10 bits per heavy atom. The minimum absolute atomic E-state index is 0.0171. The Morgan fingerprint density at radius 1 is 1.40 bits per heavy atom. The van der Waals surface area contributed by atoms with Crippen LogP contribution in [-0.2, 0) is 10.0 Å². The topological polar surface area (TPSA) is 59.1 Å². The molecule has 0 saturated heterocycles. The van der Waals surface area contributed by atoms with Crippen LogP contribution in [0.1, 0.15) is 45.4 Å². The van der Waals surface area contributed by atoms with E-state index in [9.17, 15) is 8.42 Å². The van der Waals surface area contributed by atoms with Crippen LogP contribution in [0.2, 0.25) is 5.15 Å². The van der Waals surface area contributed by atoms with Gasteiger partial charge in [0.1, 0.15) is 10.0 Å². The van der Waals surface area contributed by atoms with E-state index in [0.717, 1.165) is 19.3 Å². The predicted octanol–water partition coefficient (Wildman–Crippen LogP) is 3.37. The van der Waals surface area contributed by atoms with Crippen LogP contribution in [0.15, 0.2) is 23.2 Å². The number of aromatic nitrogens is 1. The number of sulfonamides is 1. The Kier molecular flexibility index (Phi) is 5.41.